The average molecular weight is 329 g/mol. The zero-order valence-corrected chi connectivity index (χ0v) is 13.9. The minimum Gasteiger partial charge on any atom is -0.378 e. The Morgan fingerprint density at radius 3 is 3.04 bits per heavy atom. The molecule has 2 N–H and O–H groups in total. The predicted octanol–water partition coefficient (Wildman–Crippen LogP) is 1.88. The standard InChI is InChI=1S/C17H23N5O2/c1-2-24-13-10-12(17(13)7-5-8-17)19-16(23)18-11-15-21-20-14-6-3-4-9-22(14)15/h3-4,6,9,12-13H,2,5,7-8,10-11H2,1H3,(H2,18,19,23)/t12-,13-/m1/s1. The molecule has 7 nitrogen and oxygen atoms in total. The molecule has 2 heterocycles. The molecule has 0 radical (unpaired) electrons. The first-order valence-corrected chi connectivity index (χ1v) is 8.67. The maximum absolute atomic E-state index is 12.2. The number of hydrogen-bond donors (Lipinski definition) is 2. The summed E-state index contributed by atoms with van der Waals surface area (Å²) < 4.78 is 7.70. The van der Waals surface area contributed by atoms with Crippen LogP contribution in [0.25, 0.3) is 5.65 Å². The van der Waals surface area contributed by atoms with E-state index < -0.39 is 0 Å². The molecule has 2 atom stereocenters. The first-order valence-electron chi connectivity index (χ1n) is 8.67. The molecule has 0 saturated heterocycles. The van der Waals surface area contributed by atoms with Gasteiger partial charge in [0.2, 0.25) is 0 Å². The minimum atomic E-state index is -0.145. The van der Waals surface area contributed by atoms with Crippen LogP contribution in [0.5, 0.6) is 0 Å². The van der Waals surface area contributed by atoms with Crippen molar-refractivity contribution in [3.05, 3.63) is 30.2 Å². The van der Waals surface area contributed by atoms with Gasteiger partial charge < -0.3 is 15.4 Å². The summed E-state index contributed by atoms with van der Waals surface area (Å²) in [5.41, 5.74) is 0.955. The maximum atomic E-state index is 12.2. The number of ether oxygens (including phenoxy) is 1. The number of urea groups is 1. The van der Waals surface area contributed by atoms with Gasteiger partial charge in [-0.05, 0) is 38.3 Å². The van der Waals surface area contributed by atoms with Crippen LogP contribution in [0.4, 0.5) is 4.79 Å². The van der Waals surface area contributed by atoms with Gasteiger partial charge in [0, 0.05) is 24.3 Å². The van der Waals surface area contributed by atoms with Crippen LogP contribution in [0, 0.1) is 5.41 Å². The third kappa shape index (κ3) is 2.43. The van der Waals surface area contributed by atoms with Gasteiger partial charge in [0.25, 0.3) is 0 Å². The summed E-state index contributed by atoms with van der Waals surface area (Å²) in [6.45, 7) is 3.12. The highest BCUT2D eigenvalue weighted by Crippen LogP contribution is 2.57. The molecule has 0 aliphatic heterocycles. The number of pyridine rings is 1. The Balaban J connectivity index is 1.33. The van der Waals surface area contributed by atoms with Gasteiger partial charge in [-0.15, -0.1) is 10.2 Å². The van der Waals surface area contributed by atoms with Gasteiger partial charge in [-0.1, -0.05) is 12.5 Å². The Morgan fingerprint density at radius 1 is 1.42 bits per heavy atom. The molecule has 2 fully saturated rings. The van der Waals surface area contributed by atoms with Crippen LogP contribution in [-0.2, 0) is 11.3 Å². The smallest absolute Gasteiger partial charge is 0.315 e. The summed E-state index contributed by atoms with van der Waals surface area (Å²) in [5.74, 6) is 0.722. The number of carbonyl (C=O) groups excluding carboxylic acids is 1. The van der Waals surface area contributed by atoms with E-state index in [2.05, 4.69) is 20.8 Å². The van der Waals surface area contributed by atoms with Crippen molar-refractivity contribution in [1.29, 1.82) is 0 Å². The molecular weight excluding hydrogens is 306 g/mol. The molecule has 2 aromatic rings. The molecule has 4 rings (SSSR count). The molecule has 2 aliphatic rings. The molecule has 7 heteroatoms. The fourth-order valence-corrected chi connectivity index (χ4v) is 4.02. The van der Waals surface area contributed by atoms with Crippen molar-refractivity contribution in [2.75, 3.05) is 6.61 Å². The van der Waals surface area contributed by atoms with Crippen molar-refractivity contribution in [3.8, 4) is 0 Å². The van der Waals surface area contributed by atoms with Crippen LogP contribution in [0.3, 0.4) is 0 Å². The van der Waals surface area contributed by atoms with E-state index in [9.17, 15) is 4.79 Å². The van der Waals surface area contributed by atoms with Crippen molar-refractivity contribution in [2.24, 2.45) is 5.41 Å². The lowest BCUT2D eigenvalue weighted by atomic mass is 9.51. The number of amides is 2. The second-order valence-electron chi connectivity index (χ2n) is 6.69. The fraction of sp³-hybridized carbons (Fsp3) is 0.588. The Bertz CT molecular complexity index is 739. The van der Waals surface area contributed by atoms with Crippen molar-refractivity contribution < 1.29 is 9.53 Å². The largest absolute Gasteiger partial charge is 0.378 e. The summed E-state index contributed by atoms with van der Waals surface area (Å²) in [6, 6.07) is 5.80. The second-order valence-corrected chi connectivity index (χ2v) is 6.69. The van der Waals surface area contributed by atoms with E-state index in [1.807, 2.05) is 35.7 Å². The van der Waals surface area contributed by atoms with Gasteiger partial charge in [0.05, 0.1) is 12.6 Å². The van der Waals surface area contributed by atoms with Gasteiger partial charge in [-0.3, -0.25) is 4.40 Å². The zero-order chi connectivity index (χ0) is 16.6. The molecule has 0 unspecified atom stereocenters. The highest BCUT2D eigenvalue weighted by atomic mass is 16.5. The lowest BCUT2D eigenvalue weighted by molar-refractivity contribution is -0.169. The molecule has 2 saturated carbocycles. The molecule has 2 aliphatic carbocycles. The Labute approximate surface area is 140 Å². The number of hydrogen-bond acceptors (Lipinski definition) is 4. The van der Waals surface area contributed by atoms with Gasteiger partial charge in [-0.25, -0.2) is 4.79 Å². The van der Waals surface area contributed by atoms with Crippen molar-refractivity contribution >= 4 is 11.7 Å². The summed E-state index contributed by atoms with van der Waals surface area (Å²) in [4.78, 5) is 12.2. The summed E-state index contributed by atoms with van der Waals surface area (Å²) in [7, 11) is 0. The second kappa shape index (κ2) is 6.05. The highest BCUT2D eigenvalue weighted by Gasteiger charge is 2.59. The van der Waals surface area contributed by atoms with Crippen molar-refractivity contribution in [2.45, 2.75) is 51.3 Å². The first-order chi connectivity index (χ1) is 11.7. The molecule has 1 spiro atoms. The topological polar surface area (TPSA) is 80.5 Å². The van der Waals surface area contributed by atoms with E-state index in [0.717, 1.165) is 37.3 Å². The number of rotatable bonds is 5. The molecule has 0 bridgehead atoms. The monoisotopic (exact) mass is 329 g/mol. The highest BCUT2D eigenvalue weighted by molar-refractivity contribution is 5.74. The zero-order valence-electron chi connectivity index (χ0n) is 13.9. The molecule has 2 aromatic heterocycles. The minimum absolute atomic E-state index is 0.145. The SMILES string of the molecule is CCO[C@@H]1C[C@@H](NC(=O)NCc2nnc3ccccn23)C12CCC2. The van der Waals surface area contributed by atoms with Gasteiger partial charge >= 0.3 is 6.03 Å². The summed E-state index contributed by atoms with van der Waals surface area (Å²) >= 11 is 0. The van der Waals surface area contributed by atoms with E-state index in [1.54, 1.807) is 0 Å². The third-order valence-electron chi connectivity index (χ3n) is 5.53. The van der Waals surface area contributed by atoms with E-state index in [0.29, 0.717) is 12.6 Å². The molecule has 128 valence electrons. The molecule has 24 heavy (non-hydrogen) atoms. The van der Waals surface area contributed by atoms with Crippen LogP contribution < -0.4 is 10.6 Å². The normalized spacial score (nSPS) is 24.4. The van der Waals surface area contributed by atoms with Crippen LogP contribution in [0.2, 0.25) is 0 Å². The number of carbonyl (C=O) groups is 1. The van der Waals surface area contributed by atoms with E-state index in [-0.39, 0.29) is 17.5 Å². The first kappa shape index (κ1) is 15.4. The van der Waals surface area contributed by atoms with Gasteiger partial charge in [0.1, 0.15) is 0 Å². The predicted molar refractivity (Wildman–Crippen MR) is 88.5 cm³/mol. The van der Waals surface area contributed by atoms with Crippen LogP contribution in [0.1, 0.15) is 38.4 Å². The Kier molecular flexibility index (Phi) is 3.88. The Hall–Kier alpha value is -2.15. The number of nitrogens with one attached hydrogen (secondary N) is 2. The van der Waals surface area contributed by atoms with Crippen LogP contribution >= 0.6 is 0 Å². The Morgan fingerprint density at radius 2 is 2.29 bits per heavy atom. The van der Waals surface area contributed by atoms with Gasteiger partial charge in [-0.2, -0.15) is 0 Å². The van der Waals surface area contributed by atoms with Crippen LogP contribution in [0.15, 0.2) is 24.4 Å². The van der Waals surface area contributed by atoms with E-state index >= 15 is 0 Å². The van der Waals surface area contributed by atoms with E-state index in [1.165, 1.54) is 6.42 Å². The third-order valence-corrected chi connectivity index (χ3v) is 5.53. The number of aromatic nitrogens is 3. The van der Waals surface area contributed by atoms with Crippen molar-refractivity contribution in [3.63, 3.8) is 0 Å². The maximum Gasteiger partial charge on any atom is 0.315 e. The van der Waals surface area contributed by atoms with E-state index in [4.69, 9.17) is 4.74 Å². The quantitative estimate of drug-likeness (QED) is 0.877. The van der Waals surface area contributed by atoms with Crippen LogP contribution in [-0.4, -0.2) is 39.4 Å². The lowest BCUT2D eigenvalue weighted by Crippen LogP contribution is -2.68. The summed E-state index contributed by atoms with van der Waals surface area (Å²) in [6.07, 6.45) is 6.65. The van der Waals surface area contributed by atoms with Crippen molar-refractivity contribution in [1.82, 2.24) is 25.2 Å². The molecule has 0 aromatic carbocycles. The number of nitrogens with zero attached hydrogens (tertiary/aromatic N) is 3. The molecule has 2 amide bonds. The average Bonchev–Trinajstić information content (AvgIpc) is 2.93. The fourth-order valence-electron chi connectivity index (χ4n) is 4.02. The summed E-state index contributed by atoms with van der Waals surface area (Å²) in [5, 5.41) is 14.2. The number of fused-ring (bicyclic) bond motifs is 1. The lowest BCUT2D eigenvalue weighted by Gasteiger charge is -2.60. The van der Waals surface area contributed by atoms with Gasteiger partial charge in [0.15, 0.2) is 11.5 Å². The molecular formula is C17H23N5O2.